The standard InChI is InChI=1S/C11H19N/c1-9(2)7-8-12-10(3)5-6-11(12)4/h5,7-9,11H,6H2,1-4H3/b8-7+/t11-/m0/s1. The summed E-state index contributed by atoms with van der Waals surface area (Å²) in [5, 5.41) is 0. The zero-order chi connectivity index (χ0) is 9.14. The maximum atomic E-state index is 2.35. The predicted octanol–water partition coefficient (Wildman–Crippen LogP) is 3.15. The van der Waals surface area contributed by atoms with Crippen molar-refractivity contribution >= 4 is 0 Å². The van der Waals surface area contributed by atoms with Crippen LogP contribution in [0.4, 0.5) is 0 Å². The van der Waals surface area contributed by atoms with Crippen LogP contribution in [0.1, 0.15) is 34.1 Å². The van der Waals surface area contributed by atoms with Crippen molar-refractivity contribution in [3.05, 3.63) is 24.0 Å². The van der Waals surface area contributed by atoms with E-state index in [1.165, 1.54) is 12.1 Å². The first-order chi connectivity index (χ1) is 5.61. The van der Waals surface area contributed by atoms with Gasteiger partial charge >= 0.3 is 0 Å². The number of hydrogen-bond donors (Lipinski definition) is 0. The van der Waals surface area contributed by atoms with Crippen molar-refractivity contribution in [1.29, 1.82) is 0 Å². The highest BCUT2D eigenvalue weighted by Gasteiger charge is 2.16. The first kappa shape index (κ1) is 9.37. The molecule has 1 heterocycles. The molecule has 0 saturated heterocycles. The topological polar surface area (TPSA) is 3.24 Å². The summed E-state index contributed by atoms with van der Waals surface area (Å²) in [5.41, 5.74) is 1.39. The van der Waals surface area contributed by atoms with Crippen LogP contribution < -0.4 is 0 Å². The Bertz CT molecular complexity index is 201. The van der Waals surface area contributed by atoms with Crippen LogP contribution in [-0.2, 0) is 0 Å². The Morgan fingerprint density at radius 3 is 2.67 bits per heavy atom. The van der Waals surface area contributed by atoms with Gasteiger partial charge in [0, 0.05) is 17.9 Å². The van der Waals surface area contributed by atoms with E-state index in [9.17, 15) is 0 Å². The van der Waals surface area contributed by atoms with Crippen molar-refractivity contribution in [1.82, 2.24) is 4.90 Å². The van der Waals surface area contributed by atoms with Crippen LogP contribution in [0.25, 0.3) is 0 Å². The molecule has 0 N–H and O–H groups in total. The molecular weight excluding hydrogens is 146 g/mol. The molecule has 12 heavy (non-hydrogen) atoms. The van der Waals surface area contributed by atoms with E-state index >= 15 is 0 Å². The van der Waals surface area contributed by atoms with E-state index in [4.69, 9.17) is 0 Å². The van der Waals surface area contributed by atoms with Gasteiger partial charge in [0.15, 0.2) is 0 Å². The number of allylic oxidation sites excluding steroid dienone is 2. The summed E-state index contributed by atoms with van der Waals surface area (Å²) in [6.07, 6.45) is 7.96. The Kier molecular flexibility index (Phi) is 2.96. The maximum Gasteiger partial charge on any atom is 0.0339 e. The highest BCUT2D eigenvalue weighted by Crippen LogP contribution is 2.21. The van der Waals surface area contributed by atoms with Crippen LogP contribution in [0.3, 0.4) is 0 Å². The highest BCUT2D eigenvalue weighted by molar-refractivity contribution is 5.12. The van der Waals surface area contributed by atoms with Gasteiger partial charge in [-0.3, -0.25) is 0 Å². The van der Waals surface area contributed by atoms with Crippen molar-refractivity contribution in [3.63, 3.8) is 0 Å². The summed E-state index contributed by atoms with van der Waals surface area (Å²) in [6.45, 7) is 8.85. The van der Waals surface area contributed by atoms with Crippen molar-refractivity contribution in [2.24, 2.45) is 5.92 Å². The molecule has 1 aliphatic heterocycles. The van der Waals surface area contributed by atoms with E-state index in [0.29, 0.717) is 12.0 Å². The molecule has 0 unspecified atom stereocenters. The van der Waals surface area contributed by atoms with E-state index in [1.54, 1.807) is 0 Å². The molecule has 1 atom stereocenters. The Morgan fingerprint density at radius 2 is 2.25 bits per heavy atom. The van der Waals surface area contributed by atoms with Crippen LogP contribution in [0.2, 0.25) is 0 Å². The monoisotopic (exact) mass is 165 g/mol. The summed E-state index contributed by atoms with van der Waals surface area (Å²) >= 11 is 0. The minimum absolute atomic E-state index is 0.644. The summed E-state index contributed by atoms with van der Waals surface area (Å²) < 4.78 is 0. The first-order valence-corrected chi connectivity index (χ1v) is 4.74. The molecule has 1 nitrogen and oxygen atoms in total. The van der Waals surface area contributed by atoms with E-state index in [0.717, 1.165) is 0 Å². The molecule has 0 spiro atoms. The molecule has 1 heteroatoms. The molecule has 0 fully saturated rings. The van der Waals surface area contributed by atoms with Crippen LogP contribution in [0, 0.1) is 5.92 Å². The van der Waals surface area contributed by atoms with Crippen LogP contribution >= 0.6 is 0 Å². The van der Waals surface area contributed by atoms with Crippen molar-refractivity contribution in [2.75, 3.05) is 0 Å². The fourth-order valence-electron chi connectivity index (χ4n) is 1.44. The average molecular weight is 165 g/mol. The van der Waals surface area contributed by atoms with Gasteiger partial charge in [-0.2, -0.15) is 0 Å². The normalized spacial score (nSPS) is 24.2. The van der Waals surface area contributed by atoms with Gasteiger partial charge in [0.1, 0.15) is 0 Å². The van der Waals surface area contributed by atoms with Crippen molar-refractivity contribution in [3.8, 4) is 0 Å². The van der Waals surface area contributed by atoms with Crippen molar-refractivity contribution < 1.29 is 0 Å². The molecular formula is C11H19N. The van der Waals surface area contributed by atoms with Crippen molar-refractivity contribution in [2.45, 2.75) is 40.2 Å². The summed E-state index contributed by atoms with van der Waals surface area (Å²) in [4.78, 5) is 2.35. The lowest BCUT2D eigenvalue weighted by atomic mass is 10.2. The SMILES string of the molecule is CC1=CC[C@H](C)N1/C=C/C(C)C. The van der Waals surface area contributed by atoms with E-state index in [-0.39, 0.29) is 0 Å². The van der Waals surface area contributed by atoms with E-state index in [1.807, 2.05) is 0 Å². The number of hydrogen-bond acceptors (Lipinski definition) is 1. The Labute approximate surface area is 75.8 Å². The molecule has 0 aromatic heterocycles. The fraction of sp³-hybridized carbons (Fsp3) is 0.636. The Morgan fingerprint density at radius 1 is 1.58 bits per heavy atom. The van der Waals surface area contributed by atoms with Gasteiger partial charge in [-0.1, -0.05) is 26.0 Å². The second-order valence-electron chi connectivity index (χ2n) is 3.92. The lowest BCUT2D eigenvalue weighted by Crippen LogP contribution is -2.20. The molecule has 0 radical (unpaired) electrons. The molecule has 0 amide bonds. The third kappa shape index (κ3) is 2.13. The Balaban J connectivity index is 2.56. The quantitative estimate of drug-likeness (QED) is 0.607. The minimum atomic E-state index is 0.644. The lowest BCUT2D eigenvalue weighted by molar-refractivity contribution is 0.394. The number of nitrogens with zero attached hydrogens (tertiary/aromatic N) is 1. The minimum Gasteiger partial charge on any atom is -0.349 e. The summed E-state index contributed by atoms with van der Waals surface area (Å²) in [5.74, 6) is 0.644. The van der Waals surface area contributed by atoms with E-state index < -0.39 is 0 Å². The summed E-state index contributed by atoms with van der Waals surface area (Å²) in [6, 6.07) is 0.653. The molecule has 0 saturated carbocycles. The average Bonchev–Trinajstić information content (AvgIpc) is 2.28. The maximum absolute atomic E-state index is 2.35. The predicted molar refractivity (Wildman–Crippen MR) is 53.7 cm³/mol. The van der Waals surface area contributed by atoms with Gasteiger partial charge in [0.25, 0.3) is 0 Å². The van der Waals surface area contributed by atoms with Gasteiger partial charge in [0.05, 0.1) is 0 Å². The van der Waals surface area contributed by atoms with E-state index in [2.05, 4.69) is 50.9 Å². The van der Waals surface area contributed by atoms with Gasteiger partial charge in [0.2, 0.25) is 0 Å². The molecule has 0 aromatic carbocycles. The molecule has 1 aliphatic rings. The summed E-state index contributed by atoms with van der Waals surface area (Å²) in [7, 11) is 0. The Hall–Kier alpha value is -0.720. The van der Waals surface area contributed by atoms with Crippen LogP contribution in [-0.4, -0.2) is 10.9 Å². The number of rotatable bonds is 2. The second kappa shape index (κ2) is 3.79. The van der Waals surface area contributed by atoms with Gasteiger partial charge in [-0.15, -0.1) is 0 Å². The van der Waals surface area contributed by atoms with Gasteiger partial charge in [-0.05, 0) is 26.2 Å². The van der Waals surface area contributed by atoms with Crippen LogP contribution in [0.5, 0.6) is 0 Å². The van der Waals surface area contributed by atoms with Crippen LogP contribution in [0.15, 0.2) is 24.0 Å². The highest BCUT2D eigenvalue weighted by atomic mass is 15.2. The first-order valence-electron chi connectivity index (χ1n) is 4.74. The molecule has 0 bridgehead atoms. The zero-order valence-corrected chi connectivity index (χ0v) is 8.54. The fourth-order valence-corrected chi connectivity index (χ4v) is 1.44. The molecule has 1 rings (SSSR count). The smallest absolute Gasteiger partial charge is 0.0339 e. The third-order valence-electron chi connectivity index (χ3n) is 2.27. The third-order valence-corrected chi connectivity index (χ3v) is 2.27. The molecule has 0 aromatic rings. The largest absolute Gasteiger partial charge is 0.349 e. The zero-order valence-electron chi connectivity index (χ0n) is 8.54. The lowest BCUT2D eigenvalue weighted by Gasteiger charge is -2.21. The van der Waals surface area contributed by atoms with Gasteiger partial charge in [-0.25, -0.2) is 0 Å². The second-order valence-corrected chi connectivity index (χ2v) is 3.92. The molecule has 0 aliphatic carbocycles. The van der Waals surface area contributed by atoms with Gasteiger partial charge < -0.3 is 4.90 Å². The molecule has 68 valence electrons.